The number of amides is 1. The molecular formula is C17H14BrN3O2S. The van der Waals surface area contributed by atoms with Crippen LogP contribution in [0.25, 0.3) is 11.3 Å². The molecule has 0 atom stereocenters. The molecule has 0 aliphatic heterocycles. The largest absolute Gasteiger partial charge is 0.477 e. The summed E-state index contributed by atoms with van der Waals surface area (Å²) in [6.07, 6.45) is 1.59. The van der Waals surface area contributed by atoms with Crippen molar-refractivity contribution in [2.45, 2.75) is 6.92 Å². The molecule has 0 aliphatic rings. The van der Waals surface area contributed by atoms with Crippen LogP contribution < -0.4 is 10.1 Å². The lowest BCUT2D eigenvalue weighted by molar-refractivity contribution is 0.102. The molecule has 1 aromatic carbocycles. The van der Waals surface area contributed by atoms with Gasteiger partial charge in [-0.25, -0.2) is 9.97 Å². The zero-order valence-electron chi connectivity index (χ0n) is 12.8. The Hall–Kier alpha value is -2.25. The second kappa shape index (κ2) is 7.55. The molecule has 0 saturated heterocycles. The van der Waals surface area contributed by atoms with Crippen LogP contribution in [0.5, 0.6) is 5.88 Å². The van der Waals surface area contributed by atoms with Gasteiger partial charge in [0.25, 0.3) is 5.91 Å². The van der Waals surface area contributed by atoms with E-state index in [-0.39, 0.29) is 5.91 Å². The van der Waals surface area contributed by atoms with Gasteiger partial charge in [-0.05, 0) is 31.2 Å². The number of thiazole rings is 1. The Balaban J connectivity index is 1.77. The van der Waals surface area contributed by atoms with Gasteiger partial charge in [0, 0.05) is 21.6 Å². The molecule has 0 bridgehead atoms. The van der Waals surface area contributed by atoms with Crippen LogP contribution in [0.4, 0.5) is 5.13 Å². The van der Waals surface area contributed by atoms with E-state index in [4.69, 9.17) is 4.74 Å². The molecule has 0 fully saturated rings. The number of nitrogens with zero attached hydrogens (tertiary/aromatic N) is 2. The third kappa shape index (κ3) is 3.80. The summed E-state index contributed by atoms with van der Waals surface area (Å²) < 4.78 is 6.40. The van der Waals surface area contributed by atoms with Crippen LogP contribution in [0.1, 0.15) is 17.3 Å². The average molecular weight is 404 g/mol. The average Bonchev–Trinajstić information content (AvgIpc) is 3.05. The normalized spacial score (nSPS) is 10.4. The third-order valence-corrected chi connectivity index (χ3v) is 4.45. The Kier molecular flexibility index (Phi) is 5.22. The van der Waals surface area contributed by atoms with E-state index in [0.717, 1.165) is 15.7 Å². The van der Waals surface area contributed by atoms with Gasteiger partial charge in [-0.15, -0.1) is 11.3 Å². The number of carbonyl (C=O) groups excluding carboxylic acids is 1. The lowest BCUT2D eigenvalue weighted by atomic mass is 10.2. The summed E-state index contributed by atoms with van der Waals surface area (Å²) in [6, 6.07) is 11.2. The van der Waals surface area contributed by atoms with E-state index in [2.05, 4.69) is 31.2 Å². The van der Waals surface area contributed by atoms with Crippen LogP contribution in [0.2, 0.25) is 0 Å². The Morgan fingerprint density at radius 2 is 2.08 bits per heavy atom. The van der Waals surface area contributed by atoms with Gasteiger partial charge in [0.15, 0.2) is 5.13 Å². The van der Waals surface area contributed by atoms with Crippen LogP contribution >= 0.6 is 27.3 Å². The molecule has 0 aliphatic carbocycles. The first kappa shape index (κ1) is 16.6. The maximum atomic E-state index is 12.4. The fraction of sp³-hybridized carbons (Fsp3) is 0.118. The fourth-order valence-corrected chi connectivity index (χ4v) is 3.04. The summed E-state index contributed by atoms with van der Waals surface area (Å²) in [7, 11) is 0. The number of rotatable bonds is 5. The van der Waals surface area contributed by atoms with Crippen LogP contribution in [-0.2, 0) is 0 Å². The summed E-state index contributed by atoms with van der Waals surface area (Å²) in [4.78, 5) is 21.0. The molecule has 7 heteroatoms. The Labute approximate surface area is 151 Å². The quantitative estimate of drug-likeness (QED) is 0.674. The number of aromatic nitrogens is 2. The van der Waals surface area contributed by atoms with Crippen molar-refractivity contribution in [3.63, 3.8) is 0 Å². The van der Waals surface area contributed by atoms with Gasteiger partial charge < -0.3 is 4.74 Å². The van der Waals surface area contributed by atoms with Gasteiger partial charge in [-0.2, -0.15) is 0 Å². The van der Waals surface area contributed by atoms with E-state index in [1.54, 1.807) is 18.3 Å². The first-order valence-electron chi connectivity index (χ1n) is 7.28. The lowest BCUT2D eigenvalue weighted by Gasteiger charge is -2.07. The maximum absolute atomic E-state index is 12.4. The standard InChI is InChI=1S/C17H14BrN3O2S/c1-2-23-16-13(4-3-9-19-16)15(22)21-17-20-14(10-24-17)11-5-7-12(18)8-6-11/h3-10H,2H2,1H3,(H,20,21,22). The minimum absolute atomic E-state index is 0.289. The fourth-order valence-electron chi connectivity index (χ4n) is 2.06. The van der Waals surface area contributed by atoms with Crippen LogP contribution in [-0.4, -0.2) is 22.5 Å². The van der Waals surface area contributed by atoms with Crippen LogP contribution in [0, 0.1) is 0 Å². The second-order valence-electron chi connectivity index (χ2n) is 4.79. The molecule has 2 heterocycles. The highest BCUT2D eigenvalue weighted by atomic mass is 79.9. The minimum atomic E-state index is -0.289. The molecule has 0 unspecified atom stereocenters. The van der Waals surface area contributed by atoms with Gasteiger partial charge in [-0.3, -0.25) is 10.1 Å². The van der Waals surface area contributed by atoms with Crippen molar-refractivity contribution in [2.24, 2.45) is 0 Å². The molecule has 5 nitrogen and oxygen atoms in total. The number of pyridine rings is 1. The van der Waals surface area contributed by atoms with Crippen molar-refractivity contribution in [3.05, 3.63) is 58.0 Å². The van der Waals surface area contributed by atoms with E-state index in [1.165, 1.54) is 11.3 Å². The van der Waals surface area contributed by atoms with E-state index < -0.39 is 0 Å². The predicted molar refractivity (Wildman–Crippen MR) is 98.6 cm³/mol. The van der Waals surface area contributed by atoms with Crippen LogP contribution in [0.15, 0.2) is 52.4 Å². The van der Waals surface area contributed by atoms with E-state index in [0.29, 0.717) is 23.2 Å². The van der Waals surface area contributed by atoms with Crippen molar-refractivity contribution in [1.82, 2.24) is 9.97 Å². The Morgan fingerprint density at radius 3 is 2.83 bits per heavy atom. The predicted octanol–water partition coefficient (Wildman–Crippen LogP) is 4.62. The van der Waals surface area contributed by atoms with Crippen molar-refractivity contribution < 1.29 is 9.53 Å². The van der Waals surface area contributed by atoms with Gasteiger partial charge >= 0.3 is 0 Å². The van der Waals surface area contributed by atoms with E-state index >= 15 is 0 Å². The molecule has 24 heavy (non-hydrogen) atoms. The third-order valence-electron chi connectivity index (χ3n) is 3.16. The van der Waals surface area contributed by atoms with Crippen molar-refractivity contribution >= 4 is 38.3 Å². The number of carbonyl (C=O) groups is 1. The molecule has 1 amide bonds. The molecule has 0 saturated carbocycles. The smallest absolute Gasteiger partial charge is 0.262 e. The monoisotopic (exact) mass is 403 g/mol. The van der Waals surface area contributed by atoms with Crippen molar-refractivity contribution in [2.75, 3.05) is 11.9 Å². The molecule has 3 aromatic rings. The topological polar surface area (TPSA) is 64.1 Å². The number of hydrogen-bond donors (Lipinski definition) is 1. The summed E-state index contributed by atoms with van der Waals surface area (Å²) in [6.45, 7) is 2.30. The first-order chi connectivity index (χ1) is 11.7. The van der Waals surface area contributed by atoms with Crippen molar-refractivity contribution in [1.29, 1.82) is 0 Å². The first-order valence-corrected chi connectivity index (χ1v) is 8.95. The Morgan fingerprint density at radius 1 is 1.29 bits per heavy atom. The van der Waals surface area contributed by atoms with E-state index in [1.807, 2.05) is 36.6 Å². The highest BCUT2D eigenvalue weighted by Gasteiger charge is 2.15. The maximum Gasteiger partial charge on any atom is 0.262 e. The SMILES string of the molecule is CCOc1ncccc1C(=O)Nc1nc(-c2ccc(Br)cc2)cs1. The zero-order valence-corrected chi connectivity index (χ0v) is 15.2. The summed E-state index contributed by atoms with van der Waals surface area (Å²) in [5, 5.41) is 5.24. The number of hydrogen-bond acceptors (Lipinski definition) is 5. The molecule has 122 valence electrons. The molecular weight excluding hydrogens is 390 g/mol. The Bertz CT molecular complexity index is 849. The summed E-state index contributed by atoms with van der Waals surface area (Å²) in [5.74, 6) is 0.0328. The number of benzene rings is 1. The number of nitrogens with one attached hydrogen (secondary N) is 1. The summed E-state index contributed by atoms with van der Waals surface area (Å²) in [5.41, 5.74) is 2.20. The highest BCUT2D eigenvalue weighted by molar-refractivity contribution is 9.10. The molecule has 0 radical (unpaired) electrons. The molecule has 0 spiro atoms. The molecule has 3 rings (SSSR count). The minimum Gasteiger partial charge on any atom is -0.477 e. The van der Waals surface area contributed by atoms with Gasteiger partial charge in [0.05, 0.1) is 12.3 Å². The van der Waals surface area contributed by atoms with E-state index in [9.17, 15) is 4.79 Å². The molecule has 2 aromatic heterocycles. The van der Waals surface area contributed by atoms with Gasteiger partial charge in [0.2, 0.25) is 5.88 Å². The number of anilines is 1. The van der Waals surface area contributed by atoms with Gasteiger partial charge in [-0.1, -0.05) is 28.1 Å². The van der Waals surface area contributed by atoms with Gasteiger partial charge in [0.1, 0.15) is 5.56 Å². The van der Waals surface area contributed by atoms with Crippen LogP contribution in [0.3, 0.4) is 0 Å². The van der Waals surface area contributed by atoms with Crippen molar-refractivity contribution in [3.8, 4) is 17.1 Å². The highest BCUT2D eigenvalue weighted by Crippen LogP contribution is 2.27. The molecule has 1 N–H and O–H groups in total. The number of halogens is 1. The lowest BCUT2D eigenvalue weighted by Crippen LogP contribution is -2.14. The summed E-state index contributed by atoms with van der Waals surface area (Å²) >= 11 is 4.78. The zero-order chi connectivity index (χ0) is 16.9. The second-order valence-corrected chi connectivity index (χ2v) is 6.56. The number of ether oxygens (including phenoxy) is 1.